The third-order valence-corrected chi connectivity index (χ3v) is 2.67. The first kappa shape index (κ1) is 12.4. The van der Waals surface area contributed by atoms with Crippen molar-refractivity contribution in [3.05, 3.63) is 23.8 Å². The fraction of sp³-hybridized carbons (Fsp3) is 0.462. The Bertz CT molecular complexity index is 379. The Morgan fingerprint density at radius 3 is 2.69 bits per heavy atom. The van der Waals surface area contributed by atoms with E-state index in [9.17, 15) is 0 Å². The van der Waals surface area contributed by atoms with Crippen LogP contribution in [0.1, 0.15) is 38.7 Å². The minimum absolute atomic E-state index is 0.484. The maximum Gasteiger partial charge on any atom is 0.101 e. The maximum atomic E-state index is 8.77. The van der Waals surface area contributed by atoms with Gasteiger partial charge in [-0.25, -0.2) is 0 Å². The van der Waals surface area contributed by atoms with Crippen LogP contribution in [0.15, 0.2) is 18.2 Å². The molecule has 0 heterocycles. The quantitative estimate of drug-likeness (QED) is 0.745. The number of nitrogens with one attached hydrogen (secondary N) is 1. The molecule has 0 amide bonds. The van der Waals surface area contributed by atoms with Gasteiger partial charge in [0.25, 0.3) is 0 Å². The van der Waals surface area contributed by atoms with Crippen LogP contribution in [0.3, 0.4) is 0 Å². The fourth-order valence-electron chi connectivity index (χ4n) is 1.72. The molecule has 1 atom stereocenters. The zero-order valence-electron chi connectivity index (χ0n) is 9.96. The molecule has 3 N–H and O–H groups in total. The van der Waals surface area contributed by atoms with E-state index < -0.39 is 0 Å². The van der Waals surface area contributed by atoms with E-state index in [-0.39, 0.29) is 0 Å². The number of anilines is 2. The third-order valence-electron chi connectivity index (χ3n) is 2.67. The molecule has 0 fully saturated rings. The van der Waals surface area contributed by atoms with Crippen LogP contribution in [0.5, 0.6) is 0 Å². The molecule has 16 heavy (non-hydrogen) atoms. The molecule has 0 aliphatic rings. The summed E-state index contributed by atoms with van der Waals surface area (Å²) in [5, 5.41) is 12.2. The predicted octanol–water partition coefficient (Wildman–Crippen LogP) is 3.13. The summed E-state index contributed by atoms with van der Waals surface area (Å²) in [5.41, 5.74) is 7.83. The molecule has 1 rings (SSSR count). The normalized spacial score (nSPS) is 11.8. The lowest BCUT2D eigenvalue weighted by Gasteiger charge is -2.17. The first-order chi connectivity index (χ1) is 7.71. The summed E-state index contributed by atoms with van der Waals surface area (Å²) in [5.74, 6) is 0. The smallest absolute Gasteiger partial charge is 0.101 e. The van der Waals surface area contributed by atoms with Gasteiger partial charge in [0.1, 0.15) is 6.07 Å². The SMILES string of the molecule is CCCC(CC)Nc1ccc(C#N)c(N)c1. The van der Waals surface area contributed by atoms with Crippen molar-refractivity contribution in [2.24, 2.45) is 0 Å². The van der Waals surface area contributed by atoms with Crippen molar-refractivity contribution in [1.82, 2.24) is 0 Å². The molecule has 0 aromatic heterocycles. The van der Waals surface area contributed by atoms with Gasteiger partial charge >= 0.3 is 0 Å². The van der Waals surface area contributed by atoms with Crippen LogP contribution in [-0.2, 0) is 0 Å². The Hall–Kier alpha value is -1.69. The molecule has 1 unspecified atom stereocenters. The van der Waals surface area contributed by atoms with Crippen LogP contribution >= 0.6 is 0 Å². The molecular weight excluding hydrogens is 198 g/mol. The maximum absolute atomic E-state index is 8.77. The molecule has 0 radical (unpaired) electrons. The number of rotatable bonds is 5. The molecule has 0 spiro atoms. The summed E-state index contributed by atoms with van der Waals surface area (Å²) in [6.07, 6.45) is 3.40. The highest BCUT2D eigenvalue weighted by molar-refractivity contribution is 5.62. The zero-order chi connectivity index (χ0) is 12.0. The number of hydrogen-bond donors (Lipinski definition) is 2. The highest BCUT2D eigenvalue weighted by Gasteiger charge is 2.06. The lowest BCUT2D eigenvalue weighted by Crippen LogP contribution is -2.18. The molecule has 3 heteroatoms. The van der Waals surface area contributed by atoms with E-state index >= 15 is 0 Å². The van der Waals surface area contributed by atoms with Crippen molar-refractivity contribution >= 4 is 11.4 Å². The number of benzene rings is 1. The summed E-state index contributed by atoms with van der Waals surface area (Å²) < 4.78 is 0. The van der Waals surface area contributed by atoms with Gasteiger partial charge < -0.3 is 11.1 Å². The van der Waals surface area contributed by atoms with Crippen molar-refractivity contribution in [3.63, 3.8) is 0 Å². The monoisotopic (exact) mass is 217 g/mol. The largest absolute Gasteiger partial charge is 0.398 e. The second-order valence-electron chi connectivity index (χ2n) is 3.95. The van der Waals surface area contributed by atoms with Crippen LogP contribution < -0.4 is 11.1 Å². The molecule has 0 saturated heterocycles. The van der Waals surface area contributed by atoms with E-state index in [1.165, 1.54) is 0 Å². The predicted molar refractivity (Wildman–Crippen MR) is 68.2 cm³/mol. The number of nitriles is 1. The van der Waals surface area contributed by atoms with Crippen LogP contribution in [0, 0.1) is 11.3 Å². The summed E-state index contributed by atoms with van der Waals surface area (Å²) in [6.45, 7) is 4.35. The molecule has 1 aromatic carbocycles. The fourth-order valence-corrected chi connectivity index (χ4v) is 1.72. The lowest BCUT2D eigenvalue weighted by molar-refractivity contribution is 0.623. The number of nitrogen functional groups attached to an aromatic ring is 1. The average Bonchev–Trinajstić information content (AvgIpc) is 2.28. The summed E-state index contributed by atoms with van der Waals surface area (Å²) in [7, 11) is 0. The summed E-state index contributed by atoms with van der Waals surface area (Å²) in [4.78, 5) is 0. The first-order valence-corrected chi connectivity index (χ1v) is 5.77. The van der Waals surface area contributed by atoms with Crippen LogP contribution in [-0.4, -0.2) is 6.04 Å². The van der Waals surface area contributed by atoms with Gasteiger partial charge in [-0.3, -0.25) is 0 Å². The standard InChI is InChI=1S/C13H19N3/c1-3-5-11(4-2)16-12-7-6-10(9-14)13(15)8-12/h6-8,11,16H,3-5,15H2,1-2H3. The molecule has 0 saturated carbocycles. The molecule has 86 valence electrons. The molecular formula is C13H19N3. The highest BCUT2D eigenvalue weighted by Crippen LogP contribution is 2.19. The first-order valence-electron chi connectivity index (χ1n) is 5.77. The van der Waals surface area contributed by atoms with Crippen LogP contribution in [0.25, 0.3) is 0 Å². The van der Waals surface area contributed by atoms with E-state index in [0.29, 0.717) is 17.3 Å². The Morgan fingerprint density at radius 1 is 1.44 bits per heavy atom. The Labute approximate surface area is 97.3 Å². The number of hydrogen-bond acceptors (Lipinski definition) is 3. The molecule has 3 nitrogen and oxygen atoms in total. The van der Waals surface area contributed by atoms with Gasteiger partial charge in [-0.05, 0) is 31.0 Å². The van der Waals surface area contributed by atoms with Crippen molar-refractivity contribution in [1.29, 1.82) is 5.26 Å². The average molecular weight is 217 g/mol. The Morgan fingerprint density at radius 2 is 2.19 bits per heavy atom. The minimum Gasteiger partial charge on any atom is -0.398 e. The Balaban J connectivity index is 2.74. The van der Waals surface area contributed by atoms with Gasteiger partial charge in [0.15, 0.2) is 0 Å². The van der Waals surface area contributed by atoms with Crippen LogP contribution in [0.4, 0.5) is 11.4 Å². The molecule has 1 aromatic rings. The van der Waals surface area contributed by atoms with Gasteiger partial charge in [0.05, 0.1) is 11.3 Å². The van der Waals surface area contributed by atoms with Crippen molar-refractivity contribution in [3.8, 4) is 6.07 Å². The van der Waals surface area contributed by atoms with E-state index in [0.717, 1.165) is 24.9 Å². The van der Waals surface area contributed by atoms with Gasteiger partial charge in [-0.15, -0.1) is 0 Å². The minimum atomic E-state index is 0.484. The van der Waals surface area contributed by atoms with Crippen molar-refractivity contribution in [2.75, 3.05) is 11.1 Å². The van der Waals surface area contributed by atoms with Crippen molar-refractivity contribution < 1.29 is 0 Å². The highest BCUT2D eigenvalue weighted by atomic mass is 14.9. The van der Waals surface area contributed by atoms with E-state index in [2.05, 4.69) is 25.2 Å². The van der Waals surface area contributed by atoms with E-state index in [1.54, 1.807) is 6.07 Å². The van der Waals surface area contributed by atoms with Gasteiger partial charge in [0.2, 0.25) is 0 Å². The summed E-state index contributed by atoms with van der Waals surface area (Å²) >= 11 is 0. The van der Waals surface area contributed by atoms with Gasteiger partial charge in [0, 0.05) is 11.7 Å². The van der Waals surface area contributed by atoms with Gasteiger partial charge in [-0.2, -0.15) is 5.26 Å². The third kappa shape index (κ3) is 3.16. The summed E-state index contributed by atoms with van der Waals surface area (Å²) in [6, 6.07) is 8.05. The molecule has 0 aliphatic carbocycles. The van der Waals surface area contributed by atoms with Gasteiger partial charge in [-0.1, -0.05) is 20.3 Å². The van der Waals surface area contributed by atoms with E-state index in [4.69, 9.17) is 11.0 Å². The molecule has 0 bridgehead atoms. The van der Waals surface area contributed by atoms with Crippen molar-refractivity contribution in [2.45, 2.75) is 39.2 Å². The second-order valence-corrected chi connectivity index (χ2v) is 3.95. The molecule has 0 aliphatic heterocycles. The number of nitrogens with two attached hydrogens (primary N) is 1. The Kier molecular flexibility index (Phi) is 4.65. The number of nitrogens with zero attached hydrogens (tertiary/aromatic N) is 1. The van der Waals surface area contributed by atoms with E-state index in [1.807, 2.05) is 12.1 Å². The topological polar surface area (TPSA) is 61.8 Å². The zero-order valence-corrected chi connectivity index (χ0v) is 9.96. The second kappa shape index (κ2) is 6.02. The van der Waals surface area contributed by atoms with Crippen LogP contribution in [0.2, 0.25) is 0 Å². The lowest BCUT2D eigenvalue weighted by atomic mass is 10.1.